The Morgan fingerprint density at radius 1 is 1.32 bits per heavy atom. The third kappa shape index (κ3) is 3.04. The van der Waals surface area contributed by atoms with E-state index in [1.165, 1.54) is 0 Å². The molecule has 1 aromatic heterocycles. The standard InChI is InChI=1S/C18H15BrFN5/c1-23-16-14(11-6-5-7-13(19)15(11)20)12(10-21)18(24-17(16)22)25-8-3-2-4-9-25/h5-7H,2-4,8-9H2,(H2,22,24). The van der Waals surface area contributed by atoms with Crippen molar-refractivity contribution in [3.8, 4) is 17.2 Å². The fraction of sp³-hybridized carbons (Fsp3) is 0.278. The highest BCUT2D eigenvalue weighted by molar-refractivity contribution is 9.10. The molecule has 2 aromatic rings. The molecular weight excluding hydrogens is 385 g/mol. The molecule has 1 saturated heterocycles. The van der Waals surface area contributed by atoms with Crippen molar-refractivity contribution < 1.29 is 4.39 Å². The second-order valence-electron chi connectivity index (χ2n) is 5.79. The van der Waals surface area contributed by atoms with E-state index >= 15 is 0 Å². The summed E-state index contributed by atoms with van der Waals surface area (Å²) in [5, 5.41) is 9.77. The van der Waals surface area contributed by atoms with Gasteiger partial charge in [-0.3, -0.25) is 0 Å². The molecule has 0 atom stereocenters. The zero-order valence-corrected chi connectivity index (χ0v) is 15.0. The van der Waals surface area contributed by atoms with Gasteiger partial charge in [-0.25, -0.2) is 14.2 Å². The summed E-state index contributed by atoms with van der Waals surface area (Å²) in [6, 6.07) is 6.90. The largest absolute Gasteiger partial charge is 0.392 e. The number of hydrogen-bond acceptors (Lipinski definition) is 4. The Morgan fingerprint density at radius 2 is 2.04 bits per heavy atom. The highest BCUT2D eigenvalue weighted by Gasteiger charge is 2.26. The van der Waals surface area contributed by atoms with Crippen LogP contribution in [0.5, 0.6) is 0 Å². The predicted octanol–water partition coefficient (Wildman–Crippen LogP) is 4.65. The molecule has 1 fully saturated rings. The first kappa shape index (κ1) is 17.2. The van der Waals surface area contributed by atoms with Crippen LogP contribution in [0, 0.1) is 23.7 Å². The first-order valence-electron chi connectivity index (χ1n) is 7.88. The highest BCUT2D eigenvalue weighted by atomic mass is 79.9. The molecule has 0 amide bonds. The van der Waals surface area contributed by atoms with Crippen molar-refractivity contribution in [2.75, 3.05) is 23.7 Å². The van der Waals surface area contributed by atoms with Crippen LogP contribution < -0.4 is 10.6 Å². The maximum Gasteiger partial charge on any atom is 0.237 e. The van der Waals surface area contributed by atoms with Crippen LogP contribution in [0.3, 0.4) is 0 Å². The van der Waals surface area contributed by atoms with E-state index < -0.39 is 5.82 Å². The number of aromatic nitrogens is 1. The van der Waals surface area contributed by atoms with E-state index in [2.05, 4.69) is 31.8 Å². The molecule has 5 nitrogen and oxygen atoms in total. The molecule has 0 aliphatic carbocycles. The minimum absolute atomic E-state index is 0.00862. The van der Waals surface area contributed by atoms with E-state index in [4.69, 9.17) is 12.3 Å². The fourth-order valence-electron chi connectivity index (χ4n) is 3.09. The Hall–Kier alpha value is -2.64. The molecule has 25 heavy (non-hydrogen) atoms. The summed E-state index contributed by atoms with van der Waals surface area (Å²) in [5.74, 6) is -0.0791. The van der Waals surface area contributed by atoms with Gasteiger partial charge in [-0.2, -0.15) is 5.26 Å². The number of halogens is 2. The van der Waals surface area contributed by atoms with E-state index in [1.54, 1.807) is 18.2 Å². The van der Waals surface area contributed by atoms with E-state index in [0.29, 0.717) is 5.82 Å². The lowest BCUT2D eigenvalue weighted by Gasteiger charge is -2.29. The lowest BCUT2D eigenvalue weighted by atomic mass is 9.97. The maximum atomic E-state index is 14.7. The van der Waals surface area contributed by atoms with Gasteiger partial charge < -0.3 is 10.6 Å². The SMILES string of the molecule is [C-]#[N+]c1c(N)nc(N2CCCCC2)c(C#N)c1-c1cccc(Br)c1F. The Labute approximate surface area is 153 Å². The fourth-order valence-corrected chi connectivity index (χ4v) is 3.46. The summed E-state index contributed by atoms with van der Waals surface area (Å²) >= 11 is 3.16. The van der Waals surface area contributed by atoms with Crippen LogP contribution in [-0.2, 0) is 0 Å². The molecule has 2 heterocycles. The number of nitrogen functional groups attached to an aromatic ring is 1. The van der Waals surface area contributed by atoms with E-state index in [9.17, 15) is 9.65 Å². The van der Waals surface area contributed by atoms with Crippen molar-refractivity contribution in [3.05, 3.63) is 45.5 Å². The molecule has 0 radical (unpaired) electrons. The number of pyridine rings is 1. The van der Waals surface area contributed by atoms with Gasteiger partial charge in [-0.15, -0.1) is 0 Å². The van der Waals surface area contributed by atoms with Crippen molar-refractivity contribution in [1.82, 2.24) is 4.98 Å². The number of rotatable bonds is 2. The molecule has 0 spiro atoms. The minimum Gasteiger partial charge on any atom is -0.392 e. The highest BCUT2D eigenvalue weighted by Crippen LogP contribution is 2.43. The van der Waals surface area contributed by atoms with Gasteiger partial charge >= 0.3 is 0 Å². The van der Waals surface area contributed by atoms with E-state index in [1.807, 2.05) is 4.90 Å². The third-order valence-corrected chi connectivity index (χ3v) is 4.89. The molecule has 1 aromatic carbocycles. The van der Waals surface area contributed by atoms with Crippen LogP contribution in [0.25, 0.3) is 16.0 Å². The zero-order chi connectivity index (χ0) is 18.0. The first-order valence-corrected chi connectivity index (χ1v) is 8.68. The van der Waals surface area contributed by atoms with Crippen LogP contribution in [-0.4, -0.2) is 18.1 Å². The van der Waals surface area contributed by atoms with E-state index in [0.717, 1.165) is 32.4 Å². The van der Waals surface area contributed by atoms with Gasteiger partial charge in [0.05, 0.1) is 16.6 Å². The monoisotopic (exact) mass is 399 g/mol. The van der Waals surface area contributed by atoms with Crippen LogP contribution in [0.1, 0.15) is 24.8 Å². The number of nitriles is 1. The number of benzene rings is 1. The van der Waals surface area contributed by atoms with Gasteiger partial charge in [-0.1, -0.05) is 12.1 Å². The van der Waals surface area contributed by atoms with Crippen LogP contribution in [0.15, 0.2) is 22.7 Å². The van der Waals surface area contributed by atoms with Gasteiger partial charge in [0, 0.05) is 24.2 Å². The van der Waals surface area contributed by atoms with Gasteiger partial charge in [0.15, 0.2) is 0 Å². The predicted molar refractivity (Wildman–Crippen MR) is 98.8 cm³/mol. The average molecular weight is 400 g/mol. The van der Waals surface area contributed by atoms with E-state index in [-0.39, 0.29) is 32.7 Å². The van der Waals surface area contributed by atoms with Crippen LogP contribution >= 0.6 is 15.9 Å². The second kappa shape index (κ2) is 7.08. The average Bonchev–Trinajstić information content (AvgIpc) is 2.64. The number of anilines is 2. The van der Waals surface area contributed by atoms with Gasteiger partial charge in [0.25, 0.3) is 0 Å². The summed E-state index contributed by atoms with van der Waals surface area (Å²) in [5.41, 5.74) is 6.58. The maximum absolute atomic E-state index is 14.7. The van der Waals surface area contributed by atoms with Crippen LogP contribution in [0.4, 0.5) is 21.7 Å². The first-order chi connectivity index (χ1) is 12.1. The molecule has 0 unspecified atom stereocenters. The van der Waals surface area contributed by atoms with Crippen molar-refractivity contribution in [2.24, 2.45) is 0 Å². The van der Waals surface area contributed by atoms with Crippen molar-refractivity contribution in [2.45, 2.75) is 19.3 Å². The Morgan fingerprint density at radius 3 is 2.68 bits per heavy atom. The van der Waals surface area contributed by atoms with Gasteiger partial charge in [0.2, 0.25) is 5.69 Å². The number of nitrogens with zero attached hydrogens (tertiary/aromatic N) is 4. The Balaban J connectivity index is 2.33. The minimum atomic E-state index is -0.529. The molecule has 0 bridgehead atoms. The molecule has 7 heteroatoms. The summed E-state index contributed by atoms with van der Waals surface area (Å²) < 4.78 is 15.0. The molecule has 1 aliphatic heterocycles. The smallest absolute Gasteiger partial charge is 0.237 e. The Bertz CT molecular complexity index is 907. The summed E-state index contributed by atoms with van der Waals surface area (Å²) in [6.45, 7) is 8.96. The quantitative estimate of drug-likeness (QED) is 0.746. The number of piperidine rings is 1. The summed E-state index contributed by atoms with van der Waals surface area (Å²) in [7, 11) is 0. The molecule has 126 valence electrons. The van der Waals surface area contributed by atoms with Gasteiger partial charge in [0.1, 0.15) is 23.5 Å². The lowest BCUT2D eigenvalue weighted by Crippen LogP contribution is -2.31. The lowest BCUT2D eigenvalue weighted by molar-refractivity contribution is 0.573. The molecule has 1 aliphatic rings. The normalized spacial score (nSPS) is 14.0. The number of hydrogen-bond donors (Lipinski definition) is 1. The topological polar surface area (TPSA) is 70.3 Å². The van der Waals surface area contributed by atoms with Crippen LogP contribution in [0.2, 0.25) is 0 Å². The molecule has 2 N–H and O–H groups in total. The molecule has 3 rings (SSSR count). The zero-order valence-electron chi connectivity index (χ0n) is 13.4. The van der Waals surface area contributed by atoms with Crippen molar-refractivity contribution in [3.63, 3.8) is 0 Å². The number of nitrogens with two attached hydrogens (primary N) is 1. The van der Waals surface area contributed by atoms with Crippen molar-refractivity contribution >= 4 is 33.3 Å². The Kier molecular flexibility index (Phi) is 4.87. The summed E-state index contributed by atoms with van der Waals surface area (Å²) in [6.07, 6.45) is 3.12. The molecule has 0 saturated carbocycles. The van der Waals surface area contributed by atoms with Crippen molar-refractivity contribution in [1.29, 1.82) is 5.26 Å². The third-order valence-electron chi connectivity index (χ3n) is 4.28. The summed E-state index contributed by atoms with van der Waals surface area (Å²) in [4.78, 5) is 9.72. The molecular formula is C18H15BrFN5. The van der Waals surface area contributed by atoms with Gasteiger partial charge in [-0.05, 0) is 41.3 Å². The second-order valence-corrected chi connectivity index (χ2v) is 6.65.